The number of ether oxygens (including phenoxy) is 1. The summed E-state index contributed by atoms with van der Waals surface area (Å²) in [6, 6.07) is 0.600. The molecule has 76 valence electrons. The summed E-state index contributed by atoms with van der Waals surface area (Å²) in [5.74, 6) is 0. The average molecular weight is 187 g/mol. The van der Waals surface area contributed by atoms with E-state index in [9.17, 15) is 4.39 Å². The van der Waals surface area contributed by atoms with Gasteiger partial charge in [0, 0.05) is 19.7 Å². The van der Waals surface area contributed by atoms with Crippen molar-refractivity contribution < 1.29 is 9.13 Å². The number of piperidine rings is 1. The van der Waals surface area contributed by atoms with Crippen LogP contribution in [0.25, 0.3) is 0 Å². The maximum atomic E-state index is 13.1. The van der Waals surface area contributed by atoms with Gasteiger partial charge < -0.3 is 4.74 Å². The molecule has 1 atom stereocenters. The van der Waals surface area contributed by atoms with Crippen molar-refractivity contribution in [2.75, 3.05) is 20.2 Å². The summed E-state index contributed by atoms with van der Waals surface area (Å²) in [4.78, 5) is 2.30. The van der Waals surface area contributed by atoms with Gasteiger partial charge in [-0.25, -0.2) is 4.39 Å². The van der Waals surface area contributed by atoms with Crippen molar-refractivity contribution in [3.05, 3.63) is 0 Å². The van der Waals surface area contributed by atoms with Gasteiger partial charge in [-0.15, -0.1) is 0 Å². The smallest absolute Gasteiger partial charge is 0.113 e. The molecule has 0 radical (unpaired) electrons. The van der Waals surface area contributed by atoms with Gasteiger partial charge in [0.2, 0.25) is 0 Å². The molecule has 1 saturated heterocycles. The summed E-state index contributed by atoms with van der Waals surface area (Å²) in [5.41, 5.74) is 0. The Balaban J connectivity index is 1.75. The molecule has 0 bridgehead atoms. The van der Waals surface area contributed by atoms with E-state index in [4.69, 9.17) is 4.74 Å². The summed E-state index contributed by atoms with van der Waals surface area (Å²) in [7, 11) is 1.76. The number of rotatable bonds is 2. The maximum absolute atomic E-state index is 13.1. The molecule has 1 aliphatic heterocycles. The van der Waals surface area contributed by atoms with E-state index < -0.39 is 6.17 Å². The van der Waals surface area contributed by atoms with E-state index in [1.54, 1.807) is 7.11 Å². The zero-order valence-electron chi connectivity index (χ0n) is 8.21. The molecule has 13 heavy (non-hydrogen) atoms. The zero-order valence-corrected chi connectivity index (χ0v) is 8.21. The van der Waals surface area contributed by atoms with Gasteiger partial charge in [-0.3, -0.25) is 4.90 Å². The van der Waals surface area contributed by atoms with E-state index >= 15 is 0 Å². The second-order valence-electron chi connectivity index (χ2n) is 4.22. The standard InChI is InChI=1S/C10H18FNO/c1-13-10-5-9(6-10)12-4-2-3-8(11)7-12/h8-10H,2-7H2,1H3. The second kappa shape index (κ2) is 3.93. The average Bonchev–Trinajstić information content (AvgIpc) is 2.02. The number of nitrogens with zero attached hydrogens (tertiary/aromatic N) is 1. The van der Waals surface area contributed by atoms with E-state index in [1.165, 1.54) is 0 Å². The monoisotopic (exact) mass is 187 g/mol. The number of halogens is 1. The highest BCUT2D eigenvalue weighted by Gasteiger charge is 2.35. The number of methoxy groups -OCH3 is 1. The lowest BCUT2D eigenvalue weighted by Crippen LogP contribution is -2.51. The van der Waals surface area contributed by atoms with Gasteiger partial charge in [0.05, 0.1) is 6.10 Å². The number of hydrogen-bond acceptors (Lipinski definition) is 2. The summed E-state index contributed by atoms with van der Waals surface area (Å²) < 4.78 is 18.3. The Hall–Kier alpha value is -0.150. The number of alkyl halides is 1. The minimum atomic E-state index is -0.588. The Morgan fingerprint density at radius 2 is 2.15 bits per heavy atom. The summed E-state index contributed by atoms with van der Waals surface area (Å²) >= 11 is 0. The molecule has 0 aromatic rings. The third kappa shape index (κ3) is 2.02. The Morgan fingerprint density at radius 3 is 2.77 bits per heavy atom. The Bertz CT molecular complexity index is 170. The number of likely N-dealkylation sites (tertiary alicyclic amines) is 1. The third-order valence-corrected chi connectivity index (χ3v) is 3.31. The molecule has 0 aromatic heterocycles. The first-order valence-corrected chi connectivity index (χ1v) is 5.20. The third-order valence-electron chi connectivity index (χ3n) is 3.31. The van der Waals surface area contributed by atoms with E-state index in [0.717, 1.165) is 32.2 Å². The largest absolute Gasteiger partial charge is 0.381 e. The lowest BCUT2D eigenvalue weighted by Gasteiger charge is -2.44. The van der Waals surface area contributed by atoms with Gasteiger partial charge in [0.25, 0.3) is 0 Å². The molecular weight excluding hydrogens is 169 g/mol. The zero-order chi connectivity index (χ0) is 9.26. The Morgan fingerprint density at radius 1 is 1.38 bits per heavy atom. The minimum Gasteiger partial charge on any atom is -0.381 e. The Labute approximate surface area is 79.1 Å². The highest BCUT2D eigenvalue weighted by molar-refractivity contribution is 4.90. The van der Waals surface area contributed by atoms with Crippen molar-refractivity contribution >= 4 is 0 Å². The molecular formula is C10H18FNO. The van der Waals surface area contributed by atoms with Crippen LogP contribution in [0.15, 0.2) is 0 Å². The normalized spacial score (nSPS) is 41.5. The van der Waals surface area contributed by atoms with Crippen LogP contribution in [-0.4, -0.2) is 43.4 Å². The molecule has 0 amide bonds. The molecule has 1 saturated carbocycles. The fourth-order valence-corrected chi connectivity index (χ4v) is 2.31. The first-order valence-electron chi connectivity index (χ1n) is 5.20. The van der Waals surface area contributed by atoms with Crippen molar-refractivity contribution in [2.45, 2.75) is 44.0 Å². The van der Waals surface area contributed by atoms with E-state index in [-0.39, 0.29) is 0 Å². The van der Waals surface area contributed by atoms with Gasteiger partial charge in [-0.1, -0.05) is 0 Å². The van der Waals surface area contributed by atoms with Crippen molar-refractivity contribution in [3.8, 4) is 0 Å². The summed E-state index contributed by atoms with van der Waals surface area (Å²) in [6.45, 7) is 1.74. The van der Waals surface area contributed by atoms with Crippen LogP contribution in [0.2, 0.25) is 0 Å². The van der Waals surface area contributed by atoms with Crippen LogP contribution >= 0.6 is 0 Å². The van der Waals surface area contributed by atoms with Gasteiger partial charge in [0.15, 0.2) is 0 Å². The Kier molecular flexibility index (Phi) is 2.84. The summed E-state index contributed by atoms with van der Waals surface area (Å²) in [5, 5.41) is 0. The SMILES string of the molecule is COC1CC(N2CCCC(F)C2)C1. The first kappa shape index (κ1) is 9.41. The predicted molar refractivity (Wildman–Crippen MR) is 49.5 cm³/mol. The molecule has 3 heteroatoms. The van der Waals surface area contributed by atoms with Crippen LogP contribution in [0.3, 0.4) is 0 Å². The van der Waals surface area contributed by atoms with E-state index in [0.29, 0.717) is 18.7 Å². The summed E-state index contributed by atoms with van der Waals surface area (Å²) in [6.07, 6.45) is 3.83. The molecule has 1 heterocycles. The maximum Gasteiger partial charge on any atom is 0.113 e. The van der Waals surface area contributed by atoms with Gasteiger partial charge in [-0.05, 0) is 32.2 Å². The van der Waals surface area contributed by atoms with Gasteiger partial charge in [-0.2, -0.15) is 0 Å². The van der Waals surface area contributed by atoms with Crippen molar-refractivity contribution in [3.63, 3.8) is 0 Å². The second-order valence-corrected chi connectivity index (χ2v) is 4.22. The molecule has 0 spiro atoms. The van der Waals surface area contributed by atoms with Gasteiger partial charge >= 0.3 is 0 Å². The van der Waals surface area contributed by atoms with Crippen LogP contribution in [0.5, 0.6) is 0 Å². The van der Waals surface area contributed by atoms with Crippen LogP contribution < -0.4 is 0 Å². The van der Waals surface area contributed by atoms with E-state index in [1.807, 2.05) is 0 Å². The van der Waals surface area contributed by atoms with Crippen LogP contribution in [-0.2, 0) is 4.74 Å². The van der Waals surface area contributed by atoms with Crippen LogP contribution in [0.4, 0.5) is 4.39 Å². The molecule has 2 fully saturated rings. The molecule has 2 aliphatic rings. The van der Waals surface area contributed by atoms with Crippen LogP contribution in [0.1, 0.15) is 25.7 Å². The highest BCUT2D eigenvalue weighted by Crippen LogP contribution is 2.30. The van der Waals surface area contributed by atoms with Crippen LogP contribution in [0, 0.1) is 0 Å². The van der Waals surface area contributed by atoms with Crippen molar-refractivity contribution in [1.82, 2.24) is 4.90 Å². The first-order chi connectivity index (χ1) is 6.29. The lowest BCUT2D eigenvalue weighted by atomic mass is 9.86. The highest BCUT2D eigenvalue weighted by atomic mass is 19.1. The predicted octanol–water partition coefficient (Wildman–Crippen LogP) is 1.60. The number of hydrogen-bond donors (Lipinski definition) is 0. The minimum absolute atomic E-state index is 0.435. The van der Waals surface area contributed by atoms with E-state index in [2.05, 4.69) is 4.90 Å². The van der Waals surface area contributed by atoms with Crippen molar-refractivity contribution in [2.24, 2.45) is 0 Å². The fraction of sp³-hybridized carbons (Fsp3) is 1.00. The molecule has 0 aromatic carbocycles. The molecule has 1 unspecified atom stereocenters. The fourth-order valence-electron chi connectivity index (χ4n) is 2.31. The van der Waals surface area contributed by atoms with Crippen molar-refractivity contribution in [1.29, 1.82) is 0 Å². The molecule has 2 rings (SSSR count). The topological polar surface area (TPSA) is 12.5 Å². The molecule has 2 nitrogen and oxygen atoms in total. The molecule has 0 N–H and O–H groups in total. The molecule has 1 aliphatic carbocycles. The van der Waals surface area contributed by atoms with Gasteiger partial charge in [0.1, 0.15) is 6.17 Å². The quantitative estimate of drug-likeness (QED) is 0.651. The lowest BCUT2D eigenvalue weighted by molar-refractivity contribution is -0.0412.